The molecule has 1 aromatic carbocycles. The van der Waals surface area contributed by atoms with Gasteiger partial charge in [0.05, 0.1) is 0 Å². The van der Waals surface area contributed by atoms with E-state index in [9.17, 15) is 0 Å². The molecular formula is C23H38OSSi. The Bertz CT molecular complexity index is 625. The van der Waals surface area contributed by atoms with E-state index in [1.807, 2.05) is 11.8 Å². The van der Waals surface area contributed by atoms with Gasteiger partial charge in [-0.1, -0.05) is 64.0 Å². The highest BCUT2D eigenvalue weighted by Gasteiger charge is 2.41. The quantitative estimate of drug-likeness (QED) is 0.281. The summed E-state index contributed by atoms with van der Waals surface area (Å²) in [4.78, 5) is 1.36. The molecule has 3 heteroatoms. The van der Waals surface area contributed by atoms with E-state index in [2.05, 4.69) is 85.0 Å². The topological polar surface area (TPSA) is 9.23 Å². The molecule has 0 aromatic heterocycles. The number of rotatable bonds is 6. The van der Waals surface area contributed by atoms with Crippen LogP contribution in [-0.4, -0.2) is 20.7 Å². The van der Waals surface area contributed by atoms with E-state index >= 15 is 0 Å². The molecule has 1 atom stereocenters. The van der Waals surface area contributed by atoms with Gasteiger partial charge >= 0.3 is 0 Å². The van der Waals surface area contributed by atoms with E-state index in [1.165, 1.54) is 17.7 Å². The molecular weight excluding hydrogens is 352 g/mol. The molecule has 1 aromatic rings. The maximum absolute atomic E-state index is 6.62. The van der Waals surface area contributed by atoms with Crippen molar-refractivity contribution < 1.29 is 4.43 Å². The lowest BCUT2D eigenvalue weighted by molar-refractivity contribution is 0.130. The molecule has 1 nitrogen and oxygen atoms in total. The summed E-state index contributed by atoms with van der Waals surface area (Å²) in [6.07, 6.45) is 2.48. The largest absolute Gasteiger partial charge is 0.417 e. The number of thioether (sulfide) groups is 1. The summed E-state index contributed by atoms with van der Waals surface area (Å²) in [5, 5.41) is 0.281. The third kappa shape index (κ3) is 5.05. The molecule has 1 aliphatic rings. The molecule has 0 saturated heterocycles. The second-order valence-electron chi connectivity index (χ2n) is 9.89. The Balaban J connectivity index is 2.08. The van der Waals surface area contributed by atoms with Gasteiger partial charge in [-0.25, -0.2) is 0 Å². The maximum Gasteiger partial charge on any atom is 0.191 e. The van der Waals surface area contributed by atoms with Crippen molar-refractivity contribution in [1.29, 1.82) is 0 Å². The van der Waals surface area contributed by atoms with Gasteiger partial charge in [0, 0.05) is 17.3 Å². The Morgan fingerprint density at radius 3 is 2.35 bits per heavy atom. The van der Waals surface area contributed by atoms with Crippen molar-refractivity contribution in [1.82, 2.24) is 0 Å². The molecule has 2 rings (SSSR count). The van der Waals surface area contributed by atoms with Crippen LogP contribution in [0, 0.1) is 11.3 Å². The third-order valence-corrected chi connectivity index (χ3v) is 12.3. The van der Waals surface area contributed by atoms with Crippen molar-refractivity contribution in [2.45, 2.75) is 77.4 Å². The first-order valence-corrected chi connectivity index (χ1v) is 13.9. The molecule has 0 radical (unpaired) electrons. The van der Waals surface area contributed by atoms with E-state index in [4.69, 9.17) is 4.43 Å². The number of hydrogen-bond acceptors (Lipinski definition) is 2. The second kappa shape index (κ2) is 8.24. The minimum absolute atomic E-state index is 0.215. The first-order valence-electron chi connectivity index (χ1n) is 9.96. The predicted molar refractivity (Wildman–Crippen MR) is 120 cm³/mol. The van der Waals surface area contributed by atoms with Crippen LogP contribution in [0.15, 0.2) is 46.4 Å². The van der Waals surface area contributed by atoms with Crippen molar-refractivity contribution in [2.24, 2.45) is 11.3 Å². The van der Waals surface area contributed by atoms with Gasteiger partial charge in [-0.15, -0.1) is 11.8 Å². The van der Waals surface area contributed by atoms with E-state index in [0.717, 1.165) is 12.4 Å². The van der Waals surface area contributed by atoms with E-state index in [1.54, 1.807) is 11.1 Å². The van der Waals surface area contributed by atoms with Gasteiger partial charge in [0.1, 0.15) is 0 Å². The van der Waals surface area contributed by atoms with Gasteiger partial charge in [-0.2, -0.15) is 0 Å². The molecule has 0 saturated carbocycles. The highest BCUT2D eigenvalue weighted by atomic mass is 32.2. The van der Waals surface area contributed by atoms with Crippen molar-refractivity contribution >= 4 is 20.1 Å². The monoisotopic (exact) mass is 390 g/mol. The molecule has 0 fully saturated rings. The van der Waals surface area contributed by atoms with Crippen LogP contribution in [0.3, 0.4) is 0 Å². The predicted octanol–water partition coefficient (Wildman–Crippen LogP) is 7.55. The van der Waals surface area contributed by atoms with Crippen molar-refractivity contribution in [3.63, 3.8) is 0 Å². The van der Waals surface area contributed by atoms with Crippen LogP contribution in [0.5, 0.6) is 0 Å². The summed E-state index contributed by atoms with van der Waals surface area (Å²) in [6, 6.07) is 10.8. The molecule has 0 N–H and O–H groups in total. The summed E-state index contributed by atoms with van der Waals surface area (Å²) in [6.45, 7) is 19.9. The summed E-state index contributed by atoms with van der Waals surface area (Å²) in [5.41, 5.74) is 3.45. The molecule has 146 valence electrons. The van der Waals surface area contributed by atoms with Gasteiger partial charge < -0.3 is 4.43 Å². The second-order valence-corrected chi connectivity index (χ2v) is 15.7. The normalized spacial score (nSPS) is 21.2. The van der Waals surface area contributed by atoms with E-state index in [-0.39, 0.29) is 10.5 Å². The fourth-order valence-electron chi connectivity index (χ4n) is 3.50. The molecule has 1 unspecified atom stereocenters. The highest BCUT2D eigenvalue weighted by molar-refractivity contribution is 7.99. The SMILES string of the molecule is CC1=C(CSc2ccccc2)C(C)(C)C(CO[Si](C)(C)C(C)(C)C)CC1. The average Bonchev–Trinajstić information content (AvgIpc) is 2.53. The van der Waals surface area contributed by atoms with Gasteiger partial charge in [-0.05, 0) is 61.4 Å². The molecule has 0 heterocycles. The standard InChI is InChI=1S/C23H38OSSi/c1-18-14-15-19(16-24-26(7,8)22(2,3)4)23(5,6)21(18)17-25-20-12-10-9-11-13-20/h9-13,19H,14-17H2,1-8H3. The molecule has 0 spiro atoms. The average molecular weight is 391 g/mol. The first-order chi connectivity index (χ1) is 11.9. The summed E-state index contributed by atoms with van der Waals surface area (Å²) >= 11 is 1.97. The van der Waals surface area contributed by atoms with Crippen LogP contribution in [-0.2, 0) is 4.43 Å². The Morgan fingerprint density at radius 1 is 1.15 bits per heavy atom. The molecule has 0 amide bonds. The van der Waals surface area contributed by atoms with Gasteiger partial charge in [0.2, 0.25) is 0 Å². The minimum atomic E-state index is -1.68. The van der Waals surface area contributed by atoms with Crippen LogP contribution in [0.1, 0.15) is 54.4 Å². The van der Waals surface area contributed by atoms with Gasteiger partial charge in [0.15, 0.2) is 8.32 Å². The zero-order chi connectivity index (χ0) is 19.6. The zero-order valence-corrected chi connectivity index (χ0v) is 19.9. The Morgan fingerprint density at radius 2 is 1.77 bits per heavy atom. The lowest BCUT2D eigenvalue weighted by atomic mass is 9.66. The molecule has 0 aliphatic heterocycles. The Kier molecular flexibility index (Phi) is 6.90. The molecule has 0 bridgehead atoms. The van der Waals surface area contributed by atoms with Gasteiger partial charge in [0.25, 0.3) is 0 Å². The smallest absolute Gasteiger partial charge is 0.191 e. The zero-order valence-electron chi connectivity index (χ0n) is 18.1. The third-order valence-electron chi connectivity index (χ3n) is 6.76. The fraction of sp³-hybridized carbons (Fsp3) is 0.652. The van der Waals surface area contributed by atoms with Crippen molar-refractivity contribution in [3.8, 4) is 0 Å². The highest BCUT2D eigenvalue weighted by Crippen LogP contribution is 2.47. The lowest BCUT2D eigenvalue weighted by Gasteiger charge is -2.44. The first kappa shape index (κ1) is 21.8. The summed E-state index contributed by atoms with van der Waals surface area (Å²) < 4.78 is 6.62. The van der Waals surface area contributed by atoms with Crippen LogP contribution >= 0.6 is 11.8 Å². The number of benzene rings is 1. The fourth-order valence-corrected chi connectivity index (χ4v) is 5.83. The van der Waals surface area contributed by atoms with Gasteiger partial charge in [-0.3, -0.25) is 0 Å². The van der Waals surface area contributed by atoms with Crippen LogP contribution in [0.25, 0.3) is 0 Å². The Hall–Kier alpha value is -0.513. The number of allylic oxidation sites excluding steroid dienone is 1. The summed E-state index contributed by atoms with van der Waals surface area (Å²) in [5.74, 6) is 1.71. The van der Waals surface area contributed by atoms with E-state index in [0.29, 0.717) is 5.92 Å². The van der Waals surface area contributed by atoms with Crippen LogP contribution < -0.4 is 0 Å². The summed E-state index contributed by atoms with van der Waals surface area (Å²) in [7, 11) is -1.68. The maximum atomic E-state index is 6.62. The van der Waals surface area contributed by atoms with Crippen molar-refractivity contribution in [3.05, 3.63) is 41.5 Å². The molecule has 1 aliphatic carbocycles. The van der Waals surface area contributed by atoms with Crippen molar-refractivity contribution in [2.75, 3.05) is 12.4 Å². The Labute approximate surface area is 167 Å². The lowest BCUT2D eigenvalue weighted by Crippen LogP contribution is -2.44. The van der Waals surface area contributed by atoms with E-state index < -0.39 is 8.32 Å². The minimum Gasteiger partial charge on any atom is -0.417 e. The number of hydrogen-bond donors (Lipinski definition) is 0. The van der Waals surface area contributed by atoms with Crippen LogP contribution in [0.4, 0.5) is 0 Å². The van der Waals surface area contributed by atoms with Crippen LogP contribution in [0.2, 0.25) is 18.1 Å². The molecule has 26 heavy (non-hydrogen) atoms.